The molecule has 0 bridgehead atoms. The summed E-state index contributed by atoms with van der Waals surface area (Å²) in [5.74, 6) is -0.180. The summed E-state index contributed by atoms with van der Waals surface area (Å²) in [7, 11) is 0. The minimum absolute atomic E-state index is 0.0443. The van der Waals surface area contributed by atoms with E-state index in [1.165, 1.54) is 0 Å². The monoisotopic (exact) mass is 202 g/mol. The summed E-state index contributed by atoms with van der Waals surface area (Å²) < 4.78 is 11.9. The van der Waals surface area contributed by atoms with Gasteiger partial charge in [-0.2, -0.15) is 0 Å². The second-order valence-corrected chi connectivity index (χ2v) is 3.89. The minimum atomic E-state index is -0.506. The topological polar surface area (TPSA) is 55.1 Å². The Bertz CT molecular complexity index is 187. The first-order valence-corrected chi connectivity index (χ1v) is 5.35. The molecule has 1 amide bonds. The van der Waals surface area contributed by atoms with Crippen LogP contribution in [0.5, 0.6) is 0 Å². The summed E-state index contributed by atoms with van der Waals surface area (Å²) in [6.45, 7) is -0.393. The molecule has 82 valence electrons. The molecule has 1 saturated carbocycles. The lowest BCUT2D eigenvalue weighted by Crippen LogP contribution is -2.41. The van der Waals surface area contributed by atoms with Gasteiger partial charge in [0.05, 0.1) is 5.92 Å². The Morgan fingerprint density at radius 2 is 2.07 bits per heavy atom. The number of nitrogens with one attached hydrogen (secondary N) is 1. The first kappa shape index (κ1) is 11.4. The summed E-state index contributed by atoms with van der Waals surface area (Å²) in [6.07, 6.45) is 5.07. The largest absolute Gasteiger partial charge is 0.353 e. The number of halogens is 1. The van der Waals surface area contributed by atoms with Gasteiger partial charge in [0.25, 0.3) is 0 Å². The van der Waals surface area contributed by atoms with Gasteiger partial charge in [0.1, 0.15) is 6.67 Å². The number of alkyl halides is 1. The fraction of sp³-hybridized carbons (Fsp3) is 0.900. The number of amides is 1. The van der Waals surface area contributed by atoms with Crippen molar-refractivity contribution in [3.05, 3.63) is 0 Å². The molecule has 2 atom stereocenters. The van der Waals surface area contributed by atoms with E-state index in [0.717, 1.165) is 32.1 Å². The highest BCUT2D eigenvalue weighted by Gasteiger charge is 2.26. The van der Waals surface area contributed by atoms with Crippen LogP contribution in [0.25, 0.3) is 0 Å². The second kappa shape index (κ2) is 5.96. The van der Waals surface area contributed by atoms with Crippen molar-refractivity contribution in [1.82, 2.24) is 5.32 Å². The van der Waals surface area contributed by atoms with Gasteiger partial charge in [-0.3, -0.25) is 4.79 Å². The molecule has 0 heterocycles. The van der Waals surface area contributed by atoms with Crippen molar-refractivity contribution >= 4 is 5.91 Å². The van der Waals surface area contributed by atoms with Crippen molar-refractivity contribution in [2.24, 2.45) is 11.7 Å². The van der Waals surface area contributed by atoms with Gasteiger partial charge in [0.2, 0.25) is 5.91 Å². The van der Waals surface area contributed by atoms with Crippen LogP contribution in [-0.2, 0) is 4.79 Å². The van der Waals surface area contributed by atoms with Crippen molar-refractivity contribution in [2.45, 2.75) is 38.1 Å². The average Bonchev–Trinajstić information content (AvgIpc) is 2.39. The number of nitrogens with two attached hydrogens (primary N) is 1. The fourth-order valence-electron chi connectivity index (χ4n) is 1.96. The smallest absolute Gasteiger partial charge is 0.224 e. The predicted molar refractivity (Wildman–Crippen MR) is 53.5 cm³/mol. The summed E-state index contributed by atoms with van der Waals surface area (Å²) in [5, 5.41) is 2.57. The zero-order valence-corrected chi connectivity index (χ0v) is 8.47. The van der Waals surface area contributed by atoms with E-state index in [2.05, 4.69) is 5.32 Å². The van der Waals surface area contributed by atoms with Gasteiger partial charge in [-0.05, 0) is 12.8 Å². The third-order valence-corrected chi connectivity index (χ3v) is 2.80. The van der Waals surface area contributed by atoms with Gasteiger partial charge >= 0.3 is 0 Å². The minimum Gasteiger partial charge on any atom is -0.353 e. The molecule has 4 heteroatoms. The van der Waals surface area contributed by atoms with Gasteiger partial charge in [0.15, 0.2) is 0 Å². The van der Waals surface area contributed by atoms with Gasteiger partial charge in [-0.1, -0.05) is 19.3 Å². The van der Waals surface area contributed by atoms with E-state index in [9.17, 15) is 9.18 Å². The van der Waals surface area contributed by atoms with Crippen molar-refractivity contribution in [3.63, 3.8) is 0 Å². The number of carbonyl (C=O) groups is 1. The van der Waals surface area contributed by atoms with E-state index in [1.807, 2.05) is 0 Å². The highest BCUT2D eigenvalue weighted by Crippen LogP contribution is 2.22. The van der Waals surface area contributed by atoms with E-state index in [4.69, 9.17) is 5.73 Å². The van der Waals surface area contributed by atoms with Crippen LogP contribution in [-0.4, -0.2) is 25.2 Å². The third kappa shape index (κ3) is 3.25. The zero-order chi connectivity index (χ0) is 10.4. The molecular weight excluding hydrogens is 183 g/mol. The molecule has 0 aromatic rings. The summed E-state index contributed by atoms with van der Waals surface area (Å²) in [5.41, 5.74) is 5.90. The Balaban J connectivity index is 2.41. The summed E-state index contributed by atoms with van der Waals surface area (Å²) in [6, 6.07) is -0.0443. The predicted octanol–water partition coefficient (Wildman–Crippen LogP) is 0.980. The fourth-order valence-corrected chi connectivity index (χ4v) is 1.96. The van der Waals surface area contributed by atoms with Crippen LogP contribution in [0.4, 0.5) is 4.39 Å². The van der Waals surface area contributed by atoms with E-state index in [-0.39, 0.29) is 24.4 Å². The molecule has 3 N–H and O–H groups in total. The molecule has 1 aliphatic carbocycles. The molecule has 0 radical (unpaired) electrons. The van der Waals surface area contributed by atoms with Crippen molar-refractivity contribution < 1.29 is 9.18 Å². The molecule has 0 aliphatic heterocycles. The lowest BCUT2D eigenvalue weighted by molar-refractivity contribution is -0.125. The Morgan fingerprint density at radius 3 is 2.79 bits per heavy atom. The lowest BCUT2D eigenvalue weighted by Gasteiger charge is -2.19. The molecule has 0 aromatic heterocycles. The highest BCUT2D eigenvalue weighted by atomic mass is 19.1. The molecule has 3 nitrogen and oxygen atoms in total. The van der Waals surface area contributed by atoms with Crippen molar-refractivity contribution in [3.8, 4) is 0 Å². The molecule has 2 unspecified atom stereocenters. The molecular formula is C10H19FN2O. The van der Waals surface area contributed by atoms with Crippen molar-refractivity contribution in [1.29, 1.82) is 0 Å². The highest BCUT2D eigenvalue weighted by molar-refractivity contribution is 5.79. The van der Waals surface area contributed by atoms with Crippen LogP contribution >= 0.6 is 0 Å². The SMILES string of the molecule is NC1CCCCCC1C(=O)NCCF. The van der Waals surface area contributed by atoms with Crippen LogP contribution in [0.1, 0.15) is 32.1 Å². The van der Waals surface area contributed by atoms with Crippen LogP contribution in [0.3, 0.4) is 0 Å². The Hall–Kier alpha value is -0.640. The molecule has 0 saturated heterocycles. The molecule has 0 spiro atoms. The summed E-state index contributed by atoms with van der Waals surface area (Å²) >= 11 is 0. The van der Waals surface area contributed by atoms with Crippen LogP contribution in [0, 0.1) is 5.92 Å². The number of hydrogen-bond donors (Lipinski definition) is 2. The quantitative estimate of drug-likeness (QED) is 0.670. The molecule has 1 rings (SSSR count). The molecule has 1 aliphatic rings. The molecule has 1 fully saturated rings. The van der Waals surface area contributed by atoms with Crippen LogP contribution < -0.4 is 11.1 Å². The first-order valence-electron chi connectivity index (χ1n) is 5.35. The van der Waals surface area contributed by atoms with Crippen LogP contribution in [0.2, 0.25) is 0 Å². The third-order valence-electron chi connectivity index (χ3n) is 2.80. The zero-order valence-electron chi connectivity index (χ0n) is 8.47. The Labute approximate surface area is 84.2 Å². The number of hydrogen-bond acceptors (Lipinski definition) is 2. The number of rotatable bonds is 3. The van der Waals surface area contributed by atoms with Crippen LogP contribution in [0.15, 0.2) is 0 Å². The maximum Gasteiger partial charge on any atom is 0.224 e. The summed E-state index contributed by atoms with van der Waals surface area (Å²) in [4.78, 5) is 11.6. The van der Waals surface area contributed by atoms with E-state index in [1.54, 1.807) is 0 Å². The van der Waals surface area contributed by atoms with Gasteiger partial charge < -0.3 is 11.1 Å². The molecule has 14 heavy (non-hydrogen) atoms. The van der Waals surface area contributed by atoms with E-state index < -0.39 is 6.67 Å². The second-order valence-electron chi connectivity index (χ2n) is 3.89. The number of carbonyl (C=O) groups excluding carboxylic acids is 1. The first-order chi connectivity index (χ1) is 6.75. The van der Waals surface area contributed by atoms with E-state index in [0.29, 0.717) is 0 Å². The standard InChI is InChI=1S/C10H19FN2O/c11-6-7-13-10(14)8-4-2-1-3-5-9(8)12/h8-9H,1-7,12H2,(H,13,14). The Kier molecular flexibility index (Phi) is 4.87. The Morgan fingerprint density at radius 1 is 1.36 bits per heavy atom. The maximum atomic E-state index is 11.9. The average molecular weight is 202 g/mol. The van der Waals surface area contributed by atoms with Crippen molar-refractivity contribution in [2.75, 3.05) is 13.2 Å². The van der Waals surface area contributed by atoms with E-state index >= 15 is 0 Å². The maximum absolute atomic E-state index is 11.9. The van der Waals surface area contributed by atoms with Gasteiger partial charge in [-0.25, -0.2) is 4.39 Å². The lowest BCUT2D eigenvalue weighted by atomic mass is 9.95. The molecule has 0 aromatic carbocycles. The van der Waals surface area contributed by atoms with Gasteiger partial charge in [0, 0.05) is 12.6 Å². The normalized spacial score (nSPS) is 28.1. The van der Waals surface area contributed by atoms with Gasteiger partial charge in [-0.15, -0.1) is 0 Å².